The summed E-state index contributed by atoms with van der Waals surface area (Å²) in [5, 5.41) is 38.6. The van der Waals surface area contributed by atoms with Gasteiger partial charge in [0.25, 0.3) is 6.47 Å². The van der Waals surface area contributed by atoms with Crippen molar-refractivity contribution < 1.29 is 73.9 Å². The normalized spacial score (nSPS) is 2.26. The molecule has 0 heterocycles. The highest BCUT2D eigenvalue weighted by Crippen LogP contribution is 1.23. The van der Waals surface area contributed by atoms with E-state index in [0.29, 0.717) is 12.2 Å². The van der Waals surface area contributed by atoms with Crippen molar-refractivity contribution in [2.75, 3.05) is 0 Å². The maximum atomic E-state index is 8.64. The third-order valence-corrected chi connectivity index (χ3v) is 0.0393. The van der Waals surface area contributed by atoms with Crippen molar-refractivity contribution >= 4 is 37.1 Å². The molecule has 0 aromatic rings. The zero-order valence-electron chi connectivity index (χ0n) is 16.3. The topological polar surface area (TPSA) is 466 Å². The lowest BCUT2D eigenvalue weighted by Gasteiger charge is -1.96. The molecule has 34 heavy (non-hydrogen) atoms. The summed E-state index contributed by atoms with van der Waals surface area (Å²) < 4.78 is 0. The molecule has 0 atom stereocenters. The van der Waals surface area contributed by atoms with Crippen LogP contribution in [0.1, 0.15) is 63.7 Å². The van der Waals surface area contributed by atoms with Gasteiger partial charge in [0, 0.05) is 0 Å². The zero-order chi connectivity index (χ0) is 17.8. The second-order valence-corrected chi connectivity index (χ2v) is 0.792. The van der Waals surface area contributed by atoms with Gasteiger partial charge in [-0.05, 0) is 18.3 Å². The van der Waals surface area contributed by atoms with Crippen LogP contribution >= 0.6 is 0 Å². The maximum Gasteiger partial charge on any atom is 1.00 e. The minimum Gasteiger partial charge on any atom is -0.724 e. The molecule has 0 aliphatic heterocycles. The number of rotatable bonds is 1. The number of carbonyl (C=O) groups is 2. The molecule has 0 spiro atoms. The minimum absolute atomic E-state index is 0. The number of quaternary nitrogens is 2. The van der Waals surface area contributed by atoms with Crippen LogP contribution < -0.4 is 40.1 Å². The molecule has 0 saturated heterocycles. The van der Waals surface area contributed by atoms with Crippen molar-refractivity contribution in [1.29, 1.82) is 0 Å². The Hall–Kier alpha value is -4.02. The average molecular weight is 531 g/mol. The Morgan fingerprint density at radius 3 is 0.706 bits per heavy atom. The molecule has 20 nitrogen and oxygen atoms in total. The van der Waals surface area contributed by atoms with E-state index in [2.05, 4.69) is 4.89 Å². The fourth-order valence-electron chi connectivity index (χ4n) is 0. The van der Waals surface area contributed by atoms with Crippen LogP contribution in [0.15, 0.2) is 0 Å². The van der Waals surface area contributed by atoms with E-state index in [-0.39, 0.29) is 118 Å². The maximum absolute atomic E-state index is 8.64. The number of isocyanates is 2. The van der Waals surface area contributed by atoms with Gasteiger partial charge in [-0.25, -0.2) is 0 Å². The van der Waals surface area contributed by atoms with Crippen LogP contribution in [0.2, 0.25) is 0 Å². The Bertz CT molecular complexity index is 314. The fourth-order valence-corrected chi connectivity index (χ4v) is 0. The summed E-state index contributed by atoms with van der Waals surface area (Å²) in [6.45, 7) is -0.181. The number of hydrogen-bond acceptors (Lipinski definition) is 14. The van der Waals surface area contributed by atoms with Crippen LogP contribution in [0.5, 0.6) is 0 Å². The lowest BCUT2D eigenvalue weighted by Crippen LogP contribution is -2.37. The van der Waals surface area contributed by atoms with E-state index in [0.717, 1.165) is 0 Å². The van der Waals surface area contributed by atoms with Crippen molar-refractivity contribution in [3.63, 3.8) is 0 Å². The Labute approximate surface area is 207 Å². The van der Waals surface area contributed by atoms with Crippen LogP contribution in [0, 0.1) is 0 Å². The molecular formula is C14H54N6O14. The summed E-state index contributed by atoms with van der Waals surface area (Å²) in [7, 11) is 0. The monoisotopic (exact) mass is 530 g/mol. The molecule has 0 amide bonds. The van der Waals surface area contributed by atoms with E-state index < -0.39 is 6.16 Å². The van der Waals surface area contributed by atoms with E-state index >= 15 is 0 Å². The molecule has 0 unspecified atom stereocenters. The first-order chi connectivity index (χ1) is 9.30. The van der Waals surface area contributed by atoms with Crippen LogP contribution in [0.25, 0.3) is 10.8 Å². The predicted molar refractivity (Wildman–Crippen MR) is 127 cm³/mol. The fraction of sp³-hybridized carbons (Fsp3) is 0.571. The molecule has 18 N–H and O–H groups in total. The van der Waals surface area contributed by atoms with Crippen molar-refractivity contribution in [3.05, 3.63) is 10.8 Å². The van der Waals surface area contributed by atoms with Gasteiger partial charge in [0.1, 0.15) is 0 Å². The molecule has 0 rings (SSSR count). The van der Waals surface area contributed by atoms with Crippen molar-refractivity contribution in [2.24, 2.45) is 0 Å². The molecule has 0 fully saturated rings. The van der Waals surface area contributed by atoms with Gasteiger partial charge in [-0.3, -0.25) is 14.4 Å². The van der Waals surface area contributed by atoms with Gasteiger partial charge in [0.05, 0.1) is 0 Å². The largest absolute Gasteiger partial charge is 1.00 e. The smallest absolute Gasteiger partial charge is 0.724 e. The Morgan fingerprint density at radius 1 is 0.676 bits per heavy atom. The van der Waals surface area contributed by atoms with E-state index in [9.17, 15) is 0 Å². The molecule has 0 radical (unpaired) electrons. The second kappa shape index (κ2) is 915. The van der Waals surface area contributed by atoms with Crippen LogP contribution in [-0.4, -0.2) is 48.0 Å². The van der Waals surface area contributed by atoms with Gasteiger partial charge >= 0.3 is 16.6 Å². The van der Waals surface area contributed by atoms with E-state index in [1.54, 1.807) is 0 Å². The average Bonchev–Trinajstić information content (AvgIpc) is 2.32. The van der Waals surface area contributed by atoms with Gasteiger partial charge in [0.15, 0.2) is 0 Å². The first-order valence-electron chi connectivity index (χ1n) is 2.92. The standard InChI is InChI=1S/2CNO.2CH2O3.2CO2.8CH4.4H3N.2H2O/c2*2-1-3;2-1-4-3;2-1(3)4;2*2-1-3;;;;;;;;;;;;;;/h;;1,3H;(H2,2,3,4);;;8*1H4;4*1H3;2*1H2/q2*-1;;;;;;;;;;;;;;;;;;/p+2. The first kappa shape index (κ1) is 253. The SMILES string of the molecule is C.C.C.C.C.C.C.C.N.N.O.O.O=C([O-])[O-].O=C=O.O=C=O.O=CO[O-].[H+].[H+].[H+].[N-]=C=O.[N-]=C=O.[NH4+].[NH4+]. The third-order valence-electron chi connectivity index (χ3n) is 0.0393. The number of hydrogen-bond donors (Lipinski definition) is 4. The highest BCUT2D eigenvalue weighted by molar-refractivity contribution is 5.47. The van der Waals surface area contributed by atoms with Gasteiger partial charge < -0.3 is 71.5 Å². The molecule has 0 aromatic heterocycles. The molecule has 0 aliphatic rings. The second-order valence-electron chi connectivity index (χ2n) is 0.792. The van der Waals surface area contributed by atoms with E-state index in [1.165, 1.54) is 0 Å². The van der Waals surface area contributed by atoms with Crippen molar-refractivity contribution in [3.8, 4) is 0 Å². The summed E-state index contributed by atoms with van der Waals surface area (Å²) in [5.74, 6) is 0. The quantitative estimate of drug-likeness (QED) is 0.109. The highest BCUT2D eigenvalue weighted by atomic mass is 17.1. The minimum atomic E-state index is -2.33. The Kier molecular flexibility index (Phi) is 6800. The summed E-state index contributed by atoms with van der Waals surface area (Å²) >= 11 is 0. The van der Waals surface area contributed by atoms with Gasteiger partial charge in [0.2, 0.25) is 0 Å². The molecular weight excluding hydrogens is 476 g/mol. The molecule has 224 valence electrons. The number of carboxylic acid groups (broad SMARTS) is 2. The molecule has 20 heteroatoms. The Morgan fingerprint density at radius 2 is 0.706 bits per heavy atom. The summed E-state index contributed by atoms with van der Waals surface area (Å²) in [4.78, 5) is 68.6. The van der Waals surface area contributed by atoms with Gasteiger partial charge in [-0.1, -0.05) is 59.4 Å². The lowest BCUT2D eigenvalue weighted by molar-refractivity contribution is -0.652. The third kappa shape index (κ3) is 2230. The Balaban J connectivity index is -0.00000000278. The van der Waals surface area contributed by atoms with Gasteiger partial charge in [-0.15, -0.1) is 0 Å². The van der Waals surface area contributed by atoms with Crippen LogP contribution in [-0.2, 0) is 38.4 Å². The summed E-state index contributed by atoms with van der Waals surface area (Å²) in [5.41, 5.74) is 0. The van der Waals surface area contributed by atoms with E-state index in [1.807, 2.05) is 0 Å². The molecule has 0 saturated carbocycles. The zero-order valence-corrected chi connectivity index (χ0v) is 13.3. The molecule has 0 aliphatic carbocycles. The highest BCUT2D eigenvalue weighted by Gasteiger charge is 1.34. The summed E-state index contributed by atoms with van der Waals surface area (Å²) in [6, 6.07) is 0. The molecule has 0 bridgehead atoms. The van der Waals surface area contributed by atoms with Crippen LogP contribution in [0.3, 0.4) is 0 Å². The van der Waals surface area contributed by atoms with Crippen LogP contribution in [0.4, 0.5) is 4.79 Å². The van der Waals surface area contributed by atoms with Gasteiger partial charge in [-0.2, -0.15) is 19.2 Å². The number of carbonyl (C=O) groups excluding carboxylic acids is 8. The van der Waals surface area contributed by atoms with Crippen molar-refractivity contribution in [2.45, 2.75) is 59.4 Å². The predicted octanol–water partition coefficient (Wildman–Crippen LogP) is -0.543. The lowest BCUT2D eigenvalue weighted by atomic mass is 11.5. The molecule has 0 aromatic carbocycles. The number of nitrogens with zero attached hydrogens (tertiary/aromatic N) is 2. The summed E-state index contributed by atoms with van der Waals surface area (Å²) in [6.07, 6.45) is -0.833. The first-order valence-corrected chi connectivity index (χ1v) is 2.92. The van der Waals surface area contributed by atoms with Crippen molar-refractivity contribution in [1.82, 2.24) is 24.6 Å². The van der Waals surface area contributed by atoms with E-state index in [4.69, 9.17) is 64.6 Å².